The minimum atomic E-state index is -7.34. The van der Waals surface area contributed by atoms with Crippen molar-refractivity contribution in [3.8, 4) is 5.75 Å². The molecule has 212 valence electrons. The predicted octanol–water partition coefficient (Wildman–Crippen LogP) is 4.09. The standard InChI is InChI=1S/C17H13F12NO6S/c1-37(33,34)30-11(31)8-2-4-9(5-3-8)35-7-10(36-12(32)14(20,21)22)6-13(18,19)15(23,24)16(25,26)17(27,28)29/h2-5,10H,6-7H2,1H3,(H,30,31). The van der Waals surface area contributed by atoms with E-state index in [2.05, 4.69) is 9.47 Å². The average molecular weight is 587 g/mol. The summed E-state index contributed by atoms with van der Waals surface area (Å²) in [6.45, 7) is -1.69. The Morgan fingerprint density at radius 1 is 0.865 bits per heavy atom. The third-order valence-corrected chi connectivity index (χ3v) is 4.59. The summed E-state index contributed by atoms with van der Waals surface area (Å²) in [6, 6.07) is 3.17. The second-order valence-corrected chi connectivity index (χ2v) is 8.87. The van der Waals surface area contributed by atoms with Gasteiger partial charge < -0.3 is 9.47 Å². The molecule has 37 heavy (non-hydrogen) atoms. The molecule has 0 aliphatic rings. The lowest BCUT2D eigenvalue weighted by Crippen LogP contribution is -2.61. The average Bonchev–Trinajstić information content (AvgIpc) is 2.69. The molecule has 0 saturated carbocycles. The smallest absolute Gasteiger partial charge is 0.490 e. The Hall–Kier alpha value is -2.93. The maximum atomic E-state index is 13.9. The summed E-state index contributed by atoms with van der Waals surface area (Å²) < 4.78 is 186. The van der Waals surface area contributed by atoms with Gasteiger partial charge in [-0.15, -0.1) is 0 Å². The number of hydrogen-bond acceptors (Lipinski definition) is 6. The van der Waals surface area contributed by atoms with Crippen LogP contribution >= 0.6 is 0 Å². The summed E-state index contributed by atoms with van der Waals surface area (Å²) in [5.74, 6) is -25.9. The van der Waals surface area contributed by atoms with Crippen LogP contribution < -0.4 is 9.46 Å². The van der Waals surface area contributed by atoms with Crippen LogP contribution in [0.1, 0.15) is 16.8 Å². The van der Waals surface area contributed by atoms with Crippen molar-refractivity contribution in [2.75, 3.05) is 12.9 Å². The number of nitrogens with one attached hydrogen (secondary N) is 1. The van der Waals surface area contributed by atoms with Crippen LogP contribution in [0.15, 0.2) is 24.3 Å². The van der Waals surface area contributed by atoms with Crippen molar-refractivity contribution in [2.24, 2.45) is 0 Å². The van der Waals surface area contributed by atoms with Crippen molar-refractivity contribution in [2.45, 2.75) is 42.6 Å². The van der Waals surface area contributed by atoms with Gasteiger partial charge in [-0.2, -0.15) is 52.7 Å². The second kappa shape index (κ2) is 10.4. The fraction of sp³-hybridized carbons (Fsp3) is 0.529. The molecule has 0 saturated heterocycles. The van der Waals surface area contributed by atoms with E-state index in [-0.39, 0.29) is 5.56 Å². The Labute approximate surface area is 198 Å². The number of carbonyl (C=O) groups excluding carboxylic acids is 2. The van der Waals surface area contributed by atoms with Crippen molar-refractivity contribution in [3.63, 3.8) is 0 Å². The van der Waals surface area contributed by atoms with E-state index in [1.807, 2.05) is 0 Å². The molecule has 1 unspecified atom stereocenters. The van der Waals surface area contributed by atoms with Crippen molar-refractivity contribution in [1.29, 1.82) is 0 Å². The summed E-state index contributed by atoms with van der Waals surface area (Å²) in [5, 5.41) is 0. The molecule has 0 fully saturated rings. The number of halogens is 12. The summed E-state index contributed by atoms with van der Waals surface area (Å²) in [7, 11) is -4.00. The van der Waals surface area contributed by atoms with E-state index in [1.54, 1.807) is 0 Å². The number of amides is 1. The van der Waals surface area contributed by atoms with Gasteiger partial charge in [0.05, 0.1) is 12.7 Å². The number of hydrogen-bond donors (Lipinski definition) is 1. The SMILES string of the molecule is CS(=O)(=O)NC(=O)c1ccc(OCC(CC(F)(F)C(F)(F)C(F)(F)C(F)(F)F)OC(=O)C(F)(F)F)cc1. The number of ether oxygens (including phenoxy) is 2. The molecule has 0 aliphatic carbocycles. The lowest BCUT2D eigenvalue weighted by Gasteiger charge is -2.35. The molecule has 0 heterocycles. The first-order valence-electron chi connectivity index (χ1n) is 9.05. The van der Waals surface area contributed by atoms with Gasteiger partial charge in [0.25, 0.3) is 5.91 Å². The highest BCUT2D eigenvalue weighted by atomic mass is 32.2. The minimum absolute atomic E-state index is 0.363. The third kappa shape index (κ3) is 8.03. The maximum Gasteiger partial charge on any atom is 0.490 e. The zero-order chi connectivity index (χ0) is 29.3. The first-order valence-corrected chi connectivity index (χ1v) is 10.9. The van der Waals surface area contributed by atoms with Gasteiger partial charge in [-0.3, -0.25) is 4.79 Å². The minimum Gasteiger partial charge on any atom is -0.490 e. The van der Waals surface area contributed by atoms with E-state index in [9.17, 15) is 70.7 Å². The highest BCUT2D eigenvalue weighted by Gasteiger charge is 2.81. The summed E-state index contributed by atoms with van der Waals surface area (Å²) >= 11 is 0. The quantitative estimate of drug-likeness (QED) is 0.327. The number of sulfonamides is 1. The van der Waals surface area contributed by atoms with E-state index < -0.39 is 76.9 Å². The second-order valence-electron chi connectivity index (χ2n) is 7.12. The van der Waals surface area contributed by atoms with Crippen molar-refractivity contribution < 1.29 is 80.2 Å². The molecule has 0 aromatic heterocycles. The first-order chi connectivity index (χ1) is 16.3. The molecule has 0 aliphatic heterocycles. The largest absolute Gasteiger partial charge is 0.490 e. The lowest BCUT2D eigenvalue weighted by atomic mass is 9.98. The topological polar surface area (TPSA) is 98.8 Å². The molecular formula is C17H13F12NO6S. The van der Waals surface area contributed by atoms with Crippen LogP contribution in [0.2, 0.25) is 0 Å². The molecule has 20 heteroatoms. The third-order valence-electron chi connectivity index (χ3n) is 4.03. The van der Waals surface area contributed by atoms with Gasteiger partial charge in [0.1, 0.15) is 18.5 Å². The van der Waals surface area contributed by atoms with Crippen molar-refractivity contribution >= 4 is 21.9 Å². The monoisotopic (exact) mass is 587 g/mol. The Morgan fingerprint density at radius 3 is 1.76 bits per heavy atom. The van der Waals surface area contributed by atoms with E-state index in [0.717, 1.165) is 24.3 Å². The molecule has 1 rings (SSSR count). The lowest BCUT2D eigenvalue weighted by molar-refractivity contribution is -0.398. The molecular weight excluding hydrogens is 574 g/mol. The van der Waals surface area contributed by atoms with Crippen LogP contribution in [0, 0.1) is 0 Å². The summed E-state index contributed by atoms with van der Waals surface area (Å²) in [6.07, 6.45) is -18.6. The van der Waals surface area contributed by atoms with Crippen molar-refractivity contribution in [3.05, 3.63) is 29.8 Å². The molecule has 0 spiro atoms. The van der Waals surface area contributed by atoms with E-state index >= 15 is 0 Å². The van der Waals surface area contributed by atoms with Gasteiger partial charge in [0.2, 0.25) is 10.0 Å². The normalized spacial score (nSPS) is 14.6. The maximum absolute atomic E-state index is 13.9. The zero-order valence-corrected chi connectivity index (χ0v) is 18.5. The van der Waals surface area contributed by atoms with Crippen LogP contribution in [0.3, 0.4) is 0 Å². The van der Waals surface area contributed by atoms with E-state index in [1.165, 1.54) is 4.72 Å². The number of esters is 1. The number of rotatable bonds is 10. The predicted molar refractivity (Wildman–Crippen MR) is 95.7 cm³/mol. The van der Waals surface area contributed by atoms with Crippen molar-refractivity contribution in [1.82, 2.24) is 4.72 Å². The van der Waals surface area contributed by atoms with Crippen LogP contribution in [0.25, 0.3) is 0 Å². The molecule has 0 radical (unpaired) electrons. The van der Waals surface area contributed by atoms with Gasteiger partial charge >= 0.3 is 36.1 Å². The van der Waals surface area contributed by atoms with Crippen LogP contribution in [0.4, 0.5) is 52.7 Å². The number of carbonyl (C=O) groups is 2. The van der Waals surface area contributed by atoms with Gasteiger partial charge in [-0.25, -0.2) is 17.9 Å². The Balaban J connectivity index is 3.17. The molecule has 1 aromatic carbocycles. The molecule has 0 bridgehead atoms. The van der Waals surface area contributed by atoms with Crippen LogP contribution in [0.5, 0.6) is 5.75 Å². The molecule has 1 N–H and O–H groups in total. The van der Waals surface area contributed by atoms with E-state index in [0.29, 0.717) is 6.26 Å². The Morgan fingerprint density at radius 2 is 1.35 bits per heavy atom. The number of benzene rings is 1. The molecule has 1 atom stereocenters. The van der Waals surface area contributed by atoms with Gasteiger partial charge in [-0.1, -0.05) is 0 Å². The van der Waals surface area contributed by atoms with Crippen LogP contribution in [-0.4, -0.2) is 69.4 Å². The summed E-state index contributed by atoms with van der Waals surface area (Å²) in [5.41, 5.74) is -0.363. The highest BCUT2D eigenvalue weighted by Crippen LogP contribution is 2.54. The Bertz CT molecular complexity index is 1080. The highest BCUT2D eigenvalue weighted by molar-refractivity contribution is 7.89. The van der Waals surface area contributed by atoms with Gasteiger partial charge in [0, 0.05) is 5.56 Å². The fourth-order valence-electron chi connectivity index (χ4n) is 2.29. The van der Waals surface area contributed by atoms with Gasteiger partial charge in [0.15, 0.2) is 0 Å². The molecule has 1 aromatic rings. The molecule has 7 nitrogen and oxygen atoms in total. The Kier molecular flexibility index (Phi) is 9.06. The molecule has 1 amide bonds. The zero-order valence-electron chi connectivity index (χ0n) is 17.7. The first kappa shape index (κ1) is 32.1. The van der Waals surface area contributed by atoms with E-state index in [4.69, 9.17) is 0 Å². The number of alkyl halides is 12. The summed E-state index contributed by atoms with van der Waals surface area (Å²) in [4.78, 5) is 22.6. The fourth-order valence-corrected chi connectivity index (χ4v) is 2.75. The van der Waals surface area contributed by atoms with Gasteiger partial charge in [-0.05, 0) is 24.3 Å². The van der Waals surface area contributed by atoms with Crippen LogP contribution in [-0.2, 0) is 19.6 Å².